The molecule has 1 N–H and O–H groups in total. The molecule has 4 heterocycles. The number of fused-ring (bicyclic) bond motifs is 2. The van der Waals surface area contributed by atoms with Gasteiger partial charge in [-0.05, 0) is 48.4 Å². The molecule has 2 unspecified atom stereocenters. The van der Waals surface area contributed by atoms with Gasteiger partial charge in [-0.1, -0.05) is 6.07 Å². The van der Waals surface area contributed by atoms with Crippen molar-refractivity contribution in [1.82, 2.24) is 15.0 Å². The van der Waals surface area contributed by atoms with Crippen molar-refractivity contribution in [2.45, 2.75) is 32.1 Å². The normalized spacial score (nSPS) is 19.0. The number of thiazole rings is 1. The predicted molar refractivity (Wildman–Crippen MR) is 131 cm³/mol. The highest BCUT2D eigenvalue weighted by atomic mass is 32.1. The van der Waals surface area contributed by atoms with E-state index in [0.717, 1.165) is 50.2 Å². The molecular formula is C25H23N5O3S. The van der Waals surface area contributed by atoms with Crippen LogP contribution in [-0.4, -0.2) is 46.2 Å². The zero-order valence-electron chi connectivity index (χ0n) is 18.6. The Balaban J connectivity index is 1.20. The Morgan fingerprint density at radius 2 is 2.09 bits per heavy atom. The van der Waals surface area contributed by atoms with Crippen LogP contribution in [0.15, 0.2) is 59.3 Å². The summed E-state index contributed by atoms with van der Waals surface area (Å²) in [5.41, 5.74) is 3.94. The number of ether oxygens (including phenoxy) is 3. The standard InChI is InChI=1S/C25H23N5O3S/c1-15-8-17(3-5-21(15)32-13-24-26-6-7-34-24)29-25-18-9-16(2-4-19(18)27-14-28-25)10-23-30-20-11-31-12-22(20)33-23/h2-9,14,20,22H,10-13H2,1H3,(H,27,28,29). The summed E-state index contributed by atoms with van der Waals surface area (Å²) in [4.78, 5) is 17.9. The molecule has 0 spiro atoms. The van der Waals surface area contributed by atoms with Gasteiger partial charge in [-0.2, -0.15) is 0 Å². The number of anilines is 2. The number of rotatable bonds is 7. The third-order valence-corrected chi connectivity index (χ3v) is 6.68. The van der Waals surface area contributed by atoms with E-state index in [1.54, 1.807) is 23.9 Å². The van der Waals surface area contributed by atoms with Crippen molar-refractivity contribution in [3.05, 3.63) is 70.4 Å². The van der Waals surface area contributed by atoms with Crippen LogP contribution in [0.5, 0.6) is 5.75 Å². The Kier molecular flexibility index (Phi) is 5.56. The fraction of sp³-hybridized carbons (Fsp3) is 0.280. The van der Waals surface area contributed by atoms with Gasteiger partial charge in [-0.15, -0.1) is 11.3 Å². The number of aliphatic imine (C=N–C) groups is 1. The molecule has 172 valence electrons. The van der Waals surface area contributed by atoms with Crippen LogP contribution in [0.1, 0.15) is 16.1 Å². The van der Waals surface area contributed by atoms with Gasteiger partial charge in [0.1, 0.15) is 41.7 Å². The van der Waals surface area contributed by atoms with Gasteiger partial charge in [0.2, 0.25) is 0 Å². The fourth-order valence-electron chi connectivity index (χ4n) is 4.21. The Morgan fingerprint density at radius 3 is 2.94 bits per heavy atom. The van der Waals surface area contributed by atoms with Crippen LogP contribution in [0.4, 0.5) is 11.5 Å². The molecule has 0 aliphatic carbocycles. The summed E-state index contributed by atoms with van der Waals surface area (Å²) in [5.74, 6) is 2.36. The first-order valence-electron chi connectivity index (χ1n) is 11.1. The molecule has 9 heteroatoms. The zero-order valence-corrected chi connectivity index (χ0v) is 19.4. The van der Waals surface area contributed by atoms with Crippen LogP contribution in [0, 0.1) is 6.92 Å². The minimum absolute atomic E-state index is 0.0628. The van der Waals surface area contributed by atoms with E-state index in [4.69, 9.17) is 14.2 Å². The molecule has 6 rings (SSSR count). The highest BCUT2D eigenvalue weighted by Gasteiger charge is 2.35. The second-order valence-corrected chi connectivity index (χ2v) is 9.33. The van der Waals surface area contributed by atoms with Crippen molar-refractivity contribution in [2.75, 3.05) is 18.5 Å². The van der Waals surface area contributed by atoms with Gasteiger partial charge < -0.3 is 19.5 Å². The lowest BCUT2D eigenvalue weighted by Crippen LogP contribution is -2.19. The van der Waals surface area contributed by atoms with Gasteiger partial charge in [0.05, 0.1) is 18.7 Å². The van der Waals surface area contributed by atoms with E-state index in [9.17, 15) is 0 Å². The SMILES string of the molecule is Cc1cc(Nc2ncnc3ccc(CC4=NC5COCC5O4)cc23)ccc1OCc1nccs1. The monoisotopic (exact) mass is 473 g/mol. The van der Waals surface area contributed by atoms with Crippen molar-refractivity contribution < 1.29 is 14.2 Å². The highest BCUT2D eigenvalue weighted by molar-refractivity contribution is 7.09. The van der Waals surface area contributed by atoms with Gasteiger partial charge in [-0.3, -0.25) is 0 Å². The average molecular weight is 474 g/mol. The summed E-state index contributed by atoms with van der Waals surface area (Å²) in [7, 11) is 0. The number of nitrogens with one attached hydrogen (secondary N) is 1. The maximum absolute atomic E-state index is 5.96. The second-order valence-electron chi connectivity index (χ2n) is 8.35. The summed E-state index contributed by atoms with van der Waals surface area (Å²) < 4.78 is 17.3. The van der Waals surface area contributed by atoms with Crippen molar-refractivity contribution in [1.29, 1.82) is 0 Å². The molecule has 0 amide bonds. The Morgan fingerprint density at radius 1 is 1.12 bits per heavy atom. The lowest BCUT2D eigenvalue weighted by molar-refractivity contribution is 0.136. The minimum Gasteiger partial charge on any atom is -0.486 e. The number of hydrogen-bond acceptors (Lipinski definition) is 9. The van der Waals surface area contributed by atoms with Gasteiger partial charge in [0, 0.05) is 29.1 Å². The maximum atomic E-state index is 5.96. The van der Waals surface area contributed by atoms with Crippen LogP contribution in [0.25, 0.3) is 10.9 Å². The highest BCUT2D eigenvalue weighted by Crippen LogP contribution is 2.29. The third kappa shape index (κ3) is 4.32. The molecule has 2 atom stereocenters. The summed E-state index contributed by atoms with van der Waals surface area (Å²) in [6.07, 6.45) is 4.07. The van der Waals surface area contributed by atoms with Crippen molar-refractivity contribution in [2.24, 2.45) is 4.99 Å². The smallest absolute Gasteiger partial charge is 0.188 e. The molecule has 0 saturated carbocycles. The molecule has 0 radical (unpaired) electrons. The number of hydrogen-bond donors (Lipinski definition) is 1. The lowest BCUT2D eigenvalue weighted by atomic mass is 10.1. The van der Waals surface area contributed by atoms with Gasteiger partial charge in [0.15, 0.2) is 5.90 Å². The number of nitrogens with zero attached hydrogens (tertiary/aromatic N) is 4. The Labute approximate surface area is 200 Å². The van der Waals surface area contributed by atoms with Crippen LogP contribution >= 0.6 is 11.3 Å². The topological polar surface area (TPSA) is 90.8 Å². The maximum Gasteiger partial charge on any atom is 0.188 e. The summed E-state index contributed by atoms with van der Waals surface area (Å²) in [6.45, 7) is 3.75. The van der Waals surface area contributed by atoms with Crippen LogP contribution in [-0.2, 0) is 22.5 Å². The van der Waals surface area contributed by atoms with Crippen molar-refractivity contribution >= 4 is 39.6 Å². The Bertz CT molecular complexity index is 1360. The molecule has 2 aliphatic heterocycles. The van der Waals surface area contributed by atoms with E-state index in [1.807, 2.05) is 30.5 Å². The molecular weight excluding hydrogens is 450 g/mol. The fourth-order valence-corrected chi connectivity index (χ4v) is 4.74. The van der Waals surface area contributed by atoms with E-state index in [2.05, 4.69) is 43.5 Å². The predicted octanol–water partition coefficient (Wildman–Crippen LogP) is 4.46. The molecule has 8 nitrogen and oxygen atoms in total. The van der Waals surface area contributed by atoms with E-state index < -0.39 is 0 Å². The van der Waals surface area contributed by atoms with Crippen LogP contribution in [0.2, 0.25) is 0 Å². The summed E-state index contributed by atoms with van der Waals surface area (Å²) in [6, 6.07) is 12.3. The molecule has 34 heavy (non-hydrogen) atoms. The van der Waals surface area contributed by atoms with Crippen molar-refractivity contribution in [3.8, 4) is 5.75 Å². The first-order chi connectivity index (χ1) is 16.7. The molecule has 1 fully saturated rings. The number of aromatic nitrogens is 3. The number of benzene rings is 2. The first kappa shape index (κ1) is 21.0. The van der Waals surface area contributed by atoms with E-state index in [1.165, 1.54) is 0 Å². The zero-order chi connectivity index (χ0) is 22.9. The van der Waals surface area contributed by atoms with Gasteiger partial charge >= 0.3 is 0 Å². The summed E-state index contributed by atoms with van der Waals surface area (Å²) in [5, 5.41) is 7.29. The van der Waals surface area contributed by atoms with E-state index >= 15 is 0 Å². The molecule has 2 aromatic heterocycles. The second kappa shape index (κ2) is 9.00. The Hall–Kier alpha value is -3.56. The quantitative estimate of drug-likeness (QED) is 0.424. The summed E-state index contributed by atoms with van der Waals surface area (Å²) >= 11 is 1.59. The first-order valence-corrected chi connectivity index (χ1v) is 12.0. The molecule has 0 bridgehead atoms. The van der Waals surface area contributed by atoms with Gasteiger partial charge in [-0.25, -0.2) is 19.9 Å². The number of aryl methyl sites for hydroxylation is 1. The third-order valence-electron chi connectivity index (χ3n) is 5.92. The van der Waals surface area contributed by atoms with Crippen molar-refractivity contribution in [3.63, 3.8) is 0 Å². The molecule has 2 aliphatic rings. The lowest BCUT2D eigenvalue weighted by Gasteiger charge is -2.13. The molecule has 2 aromatic carbocycles. The van der Waals surface area contributed by atoms with Crippen LogP contribution in [0.3, 0.4) is 0 Å². The van der Waals surface area contributed by atoms with E-state index in [-0.39, 0.29) is 12.1 Å². The minimum atomic E-state index is 0.0628. The van der Waals surface area contributed by atoms with E-state index in [0.29, 0.717) is 26.2 Å². The molecule has 1 saturated heterocycles. The molecule has 4 aromatic rings. The van der Waals surface area contributed by atoms with Crippen LogP contribution < -0.4 is 10.1 Å². The largest absolute Gasteiger partial charge is 0.486 e. The van der Waals surface area contributed by atoms with Gasteiger partial charge in [0.25, 0.3) is 0 Å². The average Bonchev–Trinajstić information content (AvgIpc) is 3.57.